The predicted octanol–water partition coefficient (Wildman–Crippen LogP) is 8.60. The van der Waals surface area contributed by atoms with E-state index < -0.39 is 11.0 Å². The van der Waals surface area contributed by atoms with Crippen molar-refractivity contribution in [2.75, 3.05) is 19.0 Å². The highest BCUT2D eigenvalue weighted by molar-refractivity contribution is 6.17. The van der Waals surface area contributed by atoms with Crippen molar-refractivity contribution < 1.29 is 24.0 Å². The van der Waals surface area contributed by atoms with Crippen LogP contribution in [-0.2, 0) is 16.1 Å². The maximum absolute atomic E-state index is 13.1. The molecule has 0 aliphatic heterocycles. The van der Waals surface area contributed by atoms with Crippen molar-refractivity contribution in [3.8, 4) is 5.75 Å². The van der Waals surface area contributed by atoms with E-state index >= 15 is 0 Å². The lowest BCUT2D eigenvalue weighted by atomic mass is 9.96. The second kappa shape index (κ2) is 13.3. The fourth-order valence-corrected chi connectivity index (χ4v) is 5.98. The molecule has 1 N–H and O–H groups in total. The SMILES string of the molecule is CCn1c2ccc(/C(=N/OC(=O)Nc3cccc4ccccc34)c3ccc(OC(C)COC)cc3C)cc2c2cc([N+](=O)[O-])ccc21. The Hall–Kier alpha value is -5.74. The highest BCUT2D eigenvalue weighted by atomic mass is 16.7. The van der Waals surface area contributed by atoms with Crippen LogP contribution in [0.15, 0.2) is 102 Å². The summed E-state index contributed by atoms with van der Waals surface area (Å²) < 4.78 is 13.3. The maximum atomic E-state index is 13.1. The number of amides is 1. The van der Waals surface area contributed by atoms with Crippen LogP contribution in [0.2, 0.25) is 0 Å². The Kier molecular flexibility index (Phi) is 8.86. The lowest BCUT2D eigenvalue weighted by Crippen LogP contribution is -2.18. The van der Waals surface area contributed by atoms with Gasteiger partial charge in [-0.3, -0.25) is 20.3 Å². The number of aromatic nitrogens is 1. The summed E-state index contributed by atoms with van der Waals surface area (Å²) >= 11 is 0. The number of hydrogen-bond acceptors (Lipinski definition) is 7. The summed E-state index contributed by atoms with van der Waals surface area (Å²) in [5.74, 6) is 0.665. The summed E-state index contributed by atoms with van der Waals surface area (Å²) in [7, 11) is 1.63. The normalized spacial score (nSPS) is 12.4. The number of aryl methyl sites for hydroxylation is 2. The zero-order valence-electron chi connectivity index (χ0n) is 26.5. The third-order valence-corrected chi connectivity index (χ3v) is 8.09. The Morgan fingerprint density at radius 2 is 1.68 bits per heavy atom. The number of methoxy groups -OCH3 is 1. The molecule has 0 saturated heterocycles. The van der Waals surface area contributed by atoms with Crippen molar-refractivity contribution in [2.24, 2.45) is 5.16 Å². The average Bonchev–Trinajstić information content (AvgIpc) is 3.38. The quantitative estimate of drug-likeness (QED) is 0.0701. The molecule has 0 bridgehead atoms. The van der Waals surface area contributed by atoms with Crippen LogP contribution in [-0.4, -0.2) is 41.1 Å². The van der Waals surface area contributed by atoms with E-state index in [4.69, 9.17) is 14.3 Å². The second-order valence-electron chi connectivity index (χ2n) is 11.3. The van der Waals surface area contributed by atoms with Gasteiger partial charge in [0, 0.05) is 64.1 Å². The van der Waals surface area contributed by atoms with E-state index in [0.717, 1.165) is 43.7 Å². The Balaban J connectivity index is 1.43. The number of nitro groups is 1. The standard InChI is InChI=1S/C37H34N4O6/c1-5-40-34-17-13-26(20-31(34)32-21-27(41(43)44)14-18-35(32)40)36(29-16-15-28(19-23(29)2)46-24(3)22-45-4)39-47-37(42)38-33-12-8-10-25-9-6-7-11-30(25)33/h6-21,24H,5,22H2,1-4H3,(H,38,42)/b39-36-. The summed E-state index contributed by atoms with van der Waals surface area (Å²) in [4.78, 5) is 29.9. The van der Waals surface area contributed by atoms with Crippen LogP contribution >= 0.6 is 0 Å². The Bertz CT molecular complexity index is 2160. The van der Waals surface area contributed by atoms with Crippen molar-refractivity contribution in [3.05, 3.63) is 124 Å². The van der Waals surface area contributed by atoms with Crippen molar-refractivity contribution in [3.63, 3.8) is 0 Å². The molecule has 47 heavy (non-hydrogen) atoms. The largest absolute Gasteiger partial charge is 0.488 e. The molecule has 6 rings (SSSR count). The first kappa shape index (κ1) is 31.3. The number of nitrogens with zero attached hydrogens (tertiary/aromatic N) is 3. The molecule has 0 aliphatic rings. The van der Waals surface area contributed by atoms with E-state index in [0.29, 0.717) is 35.9 Å². The van der Waals surface area contributed by atoms with Gasteiger partial charge < -0.3 is 14.0 Å². The molecule has 0 fully saturated rings. The van der Waals surface area contributed by atoms with Gasteiger partial charge >= 0.3 is 6.09 Å². The molecule has 238 valence electrons. The molecule has 1 atom stereocenters. The van der Waals surface area contributed by atoms with E-state index in [-0.39, 0.29) is 11.8 Å². The maximum Gasteiger partial charge on any atom is 0.437 e. The Labute approximate surface area is 271 Å². The molecule has 5 aromatic carbocycles. The number of benzene rings is 5. The van der Waals surface area contributed by atoms with Crippen LogP contribution in [0.1, 0.15) is 30.5 Å². The molecular weight excluding hydrogens is 596 g/mol. The third kappa shape index (κ3) is 6.36. The number of non-ortho nitro benzene ring substituents is 1. The van der Waals surface area contributed by atoms with E-state index in [1.165, 1.54) is 6.07 Å². The number of nitro benzene ring substituents is 1. The number of nitrogens with one attached hydrogen (secondary N) is 1. The summed E-state index contributed by atoms with van der Waals surface area (Å²) in [5.41, 5.74) is 5.07. The monoisotopic (exact) mass is 630 g/mol. The van der Waals surface area contributed by atoms with Crippen LogP contribution in [0.25, 0.3) is 32.6 Å². The van der Waals surface area contributed by atoms with Crippen molar-refractivity contribution in [1.82, 2.24) is 4.57 Å². The van der Waals surface area contributed by atoms with Gasteiger partial charge in [0.2, 0.25) is 0 Å². The molecule has 0 radical (unpaired) electrons. The van der Waals surface area contributed by atoms with Gasteiger partial charge in [-0.2, -0.15) is 0 Å². The first-order chi connectivity index (χ1) is 22.8. The molecule has 1 heterocycles. The van der Waals surface area contributed by atoms with E-state index in [9.17, 15) is 14.9 Å². The van der Waals surface area contributed by atoms with Crippen LogP contribution in [0.4, 0.5) is 16.2 Å². The van der Waals surface area contributed by atoms with Crippen molar-refractivity contribution in [2.45, 2.75) is 33.4 Å². The highest BCUT2D eigenvalue weighted by Crippen LogP contribution is 2.33. The van der Waals surface area contributed by atoms with Gasteiger partial charge in [-0.25, -0.2) is 4.79 Å². The number of anilines is 1. The smallest absolute Gasteiger partial charge is 0.437 e. The number of fused-ring (bicyclic) bond motifs is 4. The van der Waals surface area contributed by atoms with Gasteiger partial charge in [-0.15, -0.1) is 0 Å². The summed E-state index contributed by atoms with van der Waals surface area (Å²) in [6.45, 7) is 7.01. The van der Waals surface area contributed by atoms with Crippen molar-refractivity contribution >= 4 is 55.8 Å². The molecule has 0 aliphatic carbocycles. The van der Waals surface area contributed by atoms with E-state index in [1.807, 2.05) is 93.6 Å². The first-order valence-corrected chi connectivity index (χ1v) is 15.3. The molecule has 0 spiro atoms. The molecule has 1 amide bonds. The number of oxime groups is 1. The molecule has 10 nitrogen and oxygen atoms in total. The molecule has 0 saturated carbocycles. The zero-order valence-corrected chi connectivity index (χ0v) is 26.5. The van der Waals surface area contributed by atoms with Gasteiger partial charge in [0.15, 0.2) is 0 Å². The highest BCUT2D eigenvalue weighted by Gasteiger charge is 2.19. The van der Waals surface area contributed by atoms with Gasteiger partial charge in [0.05, 0.1) is 17.2 Å². The predicted molar refractivity (Wildman–Crippen MR) is 185 cm³/mol. The average molecular weight is 631 g/mol. The molecule has 6 aromatic rings. The Morgan fingerprint density at radius 3 is 2.43 bits per heavy atom. The van der Waals surface area contributed by atoms with Gasteiger partial charge in [0.1, 0.15) is 17.6 Å². The van der Waals surface area contributed by atoms with Crippen LogP contribution in [0.3, 0.4) is 0 Å². The summed E-state index contributed by atoms with van der Waals surface area (Å²) in [5, 5.41) is 22.3. The van der Waals surface area contributed by atoms with E-state index in [2.05, 4.69) is 15.0 Å². The fraction of sp³-hybridized carbons (Fsp3) is 0.189. The minimum absolute atomic E-state index is 0.00882. The molecule has 1 aromatic heterocycles. The number of ether oxygens (including phenoxy) is 2. The van der Waals surface area contributed by atoms with Gasteiger partial charge in [0.25, 0.3) is 5.69 Å². The zero-order chi connectivity index (χ0) is 33.1. The minimum Gasteiger partial charge on any atom is -0.488 e. The first-order valence-electron chi connectivity index (χ1n) is 15.3. The fourth-order valence-electron chi connectivity index (χ4n) is 5.98. The lowest BCUT2D eigenvalue weighted by molar-refractivity contribution is -0.384. The lowest BCUT2D eigenvalue weighted by Gasteiger charge is -2.16. The number of carbonyl (C=O) groups is 1. The second-order valence-corrected chi connectivity index (χ2v) is 11.3. The van der Waals surface area contributed by atoms with Crippen LogP contribution < -0.4 is 10.1 Å². The molecule has 1 unspecified atom stereocenters. The van der Waals surface area contributed by atoms with Crippen molar-refractivity contribution in [1.29, 1.82) is 0 Å². The Morgan fingerprint density at radius 1 is 0.936 bits per heavy atom. The number of hydrogen-bond donors (Lipinski definition) is 1. The van der Waals surface area contributed by atoms with Gasteiger partial charge in [-0.05, 0) is 74.2 Å². The molecular formula is C37H34N4O6. The topological polar surface area (TPSA) is 117 Å². The summed E-state index contributed by atoms with van der Waals surface area (Å²) in [6, 6.07) is 29.7. The van der Waals surface area contributed by atoms with E-state index in [1.54, 1.807) is 25.3 Å². The third-order valence-electron chi connectivity index (χ3n) is 8.09. The van der Waals surface area contributed by atoms with Crippen LogP contribution in [0.5, 0.6) is 5.75 Å². The van der Waals surface area contributed by atoms with Gasteiger partial charge in [-0.1, -0.05) is 47.6 Å². The summed E-state index contributed by atoms with van der Waals surface area (Å²) in [6.07, 6.45) is -0.897. The number of rotatable bonds is 10. The minimum atomic E-state index is -0.746. The number of carbonyl (C=O) groups excluding carboxylic acids is 1. The molecule has 10 heteroatoms. The van der Waals surface area contributed by atoms with Crippen LogP contribution in [0, 0.1) is 17.0 Å².